The summed E-state index contributed by atoms with van der Waals surface area (Å²) in [6, 6.07) is 16.1. The third-order valence-electron chi connectivity index (χ3n) is 4.34. The standard InChI is InChI=1S/C19H19N3OS2/c23-25(17-7-2-1-3-8-17)12-11-24-19-20-18(21-22-19)16-10-9-14-5-4-6-15(14)13-16/h1-3,7-10,13H,4-6,11-12H2,(H,20,21,22). The average molecular weight is 370 g/mol. The molecule has 0 saturated carbocycles. The van der Waals surface area contributed by atoms with Crippen LogP contribution in [0.5, 0.6) is 0 Å². The van der Waals surface area contributed by atoms with Gasteiger partial charge >= 0.3 is 0 Å². The Labute approximate surface area is 153 Å². The van der Waals surface area contributed by atoms with Crippen molar-refractivity contribution in [3.63, 3.8) is 0 Å². The van der Waals surface area contributed by atoms with Gasteiger partial charge in [0, 0.05) is 22.0 Å². The fourth-order valence-corrected chi connectivity index (χ4v) is 5.14. The van der Waals surface area contributed by atoms with Crippen molar-refractivity contribution in [2.75, 3.05) is 11.5 Å². The van der Waals surface area contributed by atoms with Crippen molar-refractivity contribution >= 4 is 22.6 Å². The second-order valence-electron chi connectivity index (χ2n) is 6.01. The first-order valence-corrected chi connectivity index (χ1v) is 10.7. The van der Waals surface area contributed by atoms with Gasteiger partial charge in [0.05, 0.1) is 10.8 Å². The zero-order chi connectivity index (χ0) is 17.1. The van der Waals surface area contributed by atoms with Crippen molar-refractivity contribution in [2.24, 2.45) is 0 Å². The molecule has 0 fully saturated rings. The predicted octanol–water partition coefficient (Wildman–Crippen LogP) is 3.86. The van der Waals surface area contributed by atoms with E-state index < -0.39 is 10.8 Å². The highest BCUT2D eigenvalue weighted by Gasteiger charge is 2.13. The van der Waals surface area contributed by atoms with Crippen LogP contribution in [-0.2, 0) is 23.6 Å². The highest BCUT2D eigenvalue weighted by Crippen LogP contribution is 2.27. The zero-order valence-electron chi connectivity index (χ0n) is 13.8. The fraction of sp³-hybridized carbons (Fsp3) is 0.263. The van der Waals surface area contributed by atoms with Crippen LogP contribution in [-0.4, -0.2) is 30.9 Å². The zero-order valence-corrected chi connectivity index (χ0v) is 15.4. The summed E-state index contributed by atoms with van der Waals surface area (Å²) in [7, 11) is -0.973. The maximum absolute atomic E-state index is 12.2. The molecular formula is C19H19N3OS2. The molecule has 1 aromatic heterocycles. The number of thioether (sulfide) groups is 1. The van der Waals surface area contributed by atoms with Crippen LogP contribution in [0.1, 0.15) is 17.5 Å². The normalized spacial score (nSPS) is 14.4. The van der Waals surface area contributed by atoms with Gasteiger partial charge in [-0.3, -0.25) is 9.31 Å². The predicted molar refractivity (Wildman–Crippen MR) is 102 cm³/mol. The molecule has 1 N–H and O–H groups in total. The van der Waals surface area contributed by atoms with Crippen LogP contribution in [0.15, 0.2) is 58.6 Å². The van der Waals surface area contributed by atoms with E-state index in [4.69, 9.17) is 0 Å². The second-order valence-corrected chi connectivity index (χ2v) is 8.65. The van der Waals surface area contributed by atoms with Gasteiger partial charge in [0.25, 0.3) is 0 Å². The summed E-state index contributed by atoms with van der Waals surface area (Å²) >= 11 is 1.54. The topological polar surface area (TPSA) is 58.6 Å². The number of nitrogens with one attached hydrogen (secondary N) is 1. The van der Waals surface area contributed by atoms with Crippen molar-refractivity contribution in [2.45, 2.75) is 29.3 Å². The maximum Gasteiger partial charge on any atom is 0.208 e. The molecule has 25 heavy (non-hydrogen) atoms. The molecule has 6 heteroatoms. The number of aryl methyl sites for hydroxylation is 2. The van der Waals surface area contributed by atoms with Crippen LogP contribution in [0, 0.1) is 0 Å². The Morgan fingerprint density at radius 1 is 1.08 bits per heavy atom. The first-order valence-electron chi connectivity index (χ1n) is 8.40. The van der Waals surface area contributed by atoms with E-state index in [1.165, 1.54) is 35.7 Å². The fourth-order valence-electron chi connectivity index (χ4n) is 3.06. The van der Waals surface area contributed by atoms with E-state index in [1.54, 1.807) is 0 Å². The van der Waals surface area contributed by atoms with Gasteiger partial charge in [-0.1, -0.05) is 42.1 Å². The Kier molecular flexibility index (Phi) is 4.99. The second kappa shape index (κ2) is 7.54. The molecule has 0 radical (unpaired) electrons. The highest BCUT2D eigenvalue weighted by molar-refractivity contribution is 8.00. The Bertz CT molecular complexity index is 893. The SMILES string of the molecule is O=S(CCSc1n[nH]c(-c2ccc3c(c2)CCC3)n1)c1ccccc1. The number of nitrogens with zero attached hydrogens (tertiary/aromatic N) is 2. The lowest BCUT2D eigenvalue weighted by Gasteiger charge is -2.01. The number of aromatic nitrogens is 3. The lowest BCUT2D eigenvalue weighted by molar-refractivity contribution is 0.684. The molecule has 0 amide bonds. The molecule has 0 saturated heterocycles. The van der Waals surface area contributed by atoms with Crippen molar-refractivity contribution < 1.29 is 4.21 Å². The van der Waals surface area contributed by atoms with Crippen LogP contribution in [0.4, 0.5) is 0 Å². The smallest absolute Gasteiger partial charge is 0.208 e. The van der Waals surface area contributed by atoms with Crippen molar-refractivity contribution in [1.29, 1.82) is 0 Å². The van der Waals surface area contributed by atoms with Gasteiger partial charge in [-0.25, -0.2) is 4.98 Å². The number of hydrogen-bond acceptors (Lipinski definition) is 4. The first-order chi connectivity index (χ1) is 12.3. The monoisotopic (exact) mass is 369 g/mol. The summed E-state index contributed by atoms with van der Waals surface area (Å²) in [5.74, 6) is 2.13. The quantitative estimate of drug-likeness (QED) is 0.670. The van der Waals surface area contributed by atoms with Gasteiger partial charge in [-0.05, 0) is 48.6 Å². The van der Waals surface area contributed by atoms with Crippen LogP contribution in [0.25, 0.3) is 11.4 Å². The molecular weight excluding hydrogens is 350 g/mol. The molecule has 0 spiro atoms. The van der Waals surface area contributed by atoms with Crippen molar-refractivity contribution in [1.82, 2.24) is 15.2 Å². The minimum Gasteiger partial charge on any atom is -0.258 e. The van der Waals surface area contributed by atoms with E-state index in [9.17, 15) is 4.21 Å². The van der Waals surface area contributed by atoms with E-state index in [1.807, 2.05) is 30.3 Å². The summed E-state index contributed by atoms with van der Waals surface area (Å²) in [6.07, 6.45) is 3.59. The highest BCUT2D eigenvalue weighted by atomic mass is 32.2. The maximum atomic E-state index is 12.2. The number of rotatable bonds is 6. The number of aromatic amines is 1. The van der Waals surface area contributed by atoms with Crippen molar-refractivity contribution in [3.8, 4) is 11.4 Å². The van der Waals surface area contributed by atoms with Crippen molar-refractivity contribution in [3.05, 3.63) is 59.7 Å². The molecule has 4 rings (SSSR count). The average Bonchev–Trinajstić information content (AvgIpc) is 3.31. The van der Waals surface area contributed by atoms with Gasteiger partial charge in [-0.15, -0.1) is 5.10 Å². The largest absolute Gasteiger partial charge is 0.258 e. The van der Waals surface area contributed by atoms with Crippen LogP contribution in [0.2, 0.25) is 0 Å². The van der Waals surface area contributed by atoms with Crippen LogP contribution >= 0.6 is 11.8 Å². The first kappa shape index (κ1) is 16.5. The Balaban J connectivity index is 1.36. The molecule has 2 aromatic carbocycles. The van der Waals surface area contributed by atoms with E-state index in [0.29, 0.717) is 10.9 Å². The molecule has 128 valence electrons. The van der Waals surface area contributed by atoms with Gasteiger partial charge in [-0.2, -0.15) is 0 Å². The van der Waals surface area contributed by atoms with E-state index >= 15 is 0 Å². The van der Waals surface area contributed by atoms with Gasteiger partial charge in [0.15, 0.2) is 5.82 Å². The molecule has 1 aliphatic rings. The molecule has 1 aliphatic carbocycles. The Morgan fingerprint density at radius 2 is 1.92 bits per heavy atom. The molecule has 4 nitrogen and oxygen atoms in total. The minimum atomic E-state index is -0.973. The number of benzene rings is 2. The van der Waals surface area contributed by atoms with E-state index in [-0.39, 0.29) is 0 Å². The summed E-state index contributed by atoms with van der Waals surface area (Å²) in [5.41, 5.74) is 3.98. The molecule has 0 bridgehead atoms. The van der Waals surface area contributed by atoms with Gasteiger partial charge in [0.2, 0.25) is 5.16 Å². The summed E-state index contributed by atoms with van der Waals surface area (Å²) in [6.45, 7) is 0. The van der Waals surface area contributed by atoms with Crippen LogP contribution < -0.4 is 0 Å². The Hall–Kier alpha value is -1.92. The Morgan fingerprint density at radius 3 is 2.80 bits per heavy atom. The molecule has 1 unspecified atom stereocenters. The summed E-state index contributed by atoms with van der Waals surface area (Å²) in [4.78, 5) is 5.45. The third kappa shape index (κ3) is 3.85. The molecule has 1 atom stereocenters. The molecule has 3 aromatic rings. The lowest BCUT2D eigenvalue weighted by atomic mass is 10.1. The number of H-pyrrole nitrogens is 1. The summed E-state index contributed by atoms with van der Waals surface area (Å²) < 4.78 is 12.2. The van der Waals surface area contributed by atoms with E-state index in [2.05, 4.69) is 33.4 Å². The van der Waals surface area contributed by atoms with Crippen LogP contribution in [0.3, 0.4) is 0 Å². The summed E-state index contributed by atoms with van der Waals surface area (Å²) in [5, 5.41) is 8.02. The molecule has 1 heterocycles. The van der Waals surface area contributed by atoms with Gasteiger partial charge in [0.1, 0.15) is 0 Å². The van der Waals surface area contributed by atoms with Gasteiger partial charge < -0.3 is 0 Å². The number of hydrogen-bond donors (Lipinski definition) is 1. The third-order valence-corrected chi connectivity index (χ3v) is 6.82. The number of fused-ring (bicyclic) bond motifs is 1. The lowest BCUT2D eigenvalue weighted by Crippen LogP contribution is -2.00. The molecule has 0 aliphatic heterocycles. The minimum absolute atomic E-state index is 0.595. The van der Waals surface area contributed by atoms with E-state index in [0.717, 1.165) is 28.5 Å².